The molecular formula is C24H25F3N7OS+. The van der Waals surface area contributed by atoms with E-state index in [0.717, 1.165) is 35.5 Å². The number of pyridine rings is 1. The van der Waals surface area contributed by atoms with Gasteiger partial charge in [0.25, 0.3) is 5.91 Å². The third-order valence-corrected chi connectivity index (χ3v) is 7.99. The Morgan fingerprint density at radius 1 is 1.11 bits per heavy atom. The number of alkyl halides is 3. The molecule has 6 heterocycles. The van der Waals surface area contributed by atoms with Gasteiger partial charge in [-0.2, -0.15) is 27.5 Å². The average Bonchev–Trinajstić information content (AvgIpc) is 3.67. The van der Waals surface area contributed by atoms with Crippen LogP contribution in [0.4, 0.5) is 19.0 Å². The number of amides is 1. The van der Waals surface area contributed by atoms with Gasteiger partial charge in [-0.15, -0.1) is 16.8 Å². The Bertz CT molecular complexity index is 1260. The van der Waals surface area contributed by atoms with Crippen LogP contribution < -0.4 is 4.90 Å². The lowest BCUT2D eigenvalue weighted by molar-refractivity contribution is -0.948. The van der Waals surface area contributed by atoms with E-state index < -0.39 is 11.9 Å². The number of carbonyl (C=O) groups is 1. The number of hydrogen-bond acceptors (Lipinski definition) is 6. The van der Waals surface area contributed by atoms with Crippen LogP contribution in [-0.2, 0) is 11.0 Å². The Balaban J connectivity index is 1.21. The van der Waals surface area contributed by atoms with Gasteiger partial charge in [0.2, 0.25) is 0 Å². The van der Waals surface area contributed by atoms with Crippen LogP contribution in [-0.4, -0.2) is 86.1 Å². The summed E-state index contributed by atoms with van der Waals surface area (Å²) in [7, 11) is 0. The highest BCUT2D eigenvalue weighted by molar-refractivity contribution is 7.99. The summed E-state index contributed by atoms with van der Waals surface area (Å²) in [4.78, 5) is 21.1. The number of nitrogens with zero attached hydrogens (tertiary/aromatic N) is 7. The summed E-state index contributed by atoms with van der Waals surface area (Å²) in [6.07, 6.45) is 5.14. The number of fused-ring (bicyclic) bond motifs is 1. The molecule has 4 aliphatic heterocycles. The molecule has 0 unspecified atom stereocenters. The van der Waals surface area contributed by atoms with Crippen molar-refractivity contribution in [1.82, 2.24) is 24.7 Å². The van der Waals surface area contributed by atoms with Crippen LogP contribution in [0.25, 0.3) is 5.82 Å². The van der Waals surface area contributed by atoms with Gasteiger partial charge in [-0.3, -0.25) is 4.79 Å². The predicted molar refractivity (Wildman–Crippen MR) is 130 cm³/mol. The summed E-state index contributed by atoms with van der Waals surface area (Å²) >= 11 is 1.76. The van der Waals surface area contributed by atoms with Crippen molar-refractivity contribution in [3.05, 3.63) is 71.9 Å². The van der Waals surface area contributed by atoms with Crippen LogP contribution >= 0.6 is 11.8 Å². The third kappa shape index (κ3) is 3.93. The maximum atomic E-state index is 13.5. The maximum Gasteiger partial charge on any atom is 0.435 e. The van der Waals surface area contributed by atoms with Gasteiger partial charge in [0.05, 0.1) is 24.5 Å². The van der Waals surface area contributed by atoms with E-state index in [1.165, 1.54) is 10.9 Å². The summed E-state index contributed by atoms with van der Waals surface area (Å²) in [5, 5.41) is 6.13. The van der Waals surface area contributed by atoms with E-state index in [9.17, 15) is 18.0 Å². The van der Waals surface area contributed by atoms with E-state index in [2.05, 4.69) is 21.3 Å². The van der Waals surface area contributed by atoms with E-state index >= 15 is 0 Å². The van der Waals surface area contributed by atoms with Crippen LogP contribution in [0.15, 0.2) is 66.2 Å². The summed E-state index contributed by atoms with van der Waals surface area (Å²) < 4.78 is 42.3. The molecule has 0 spiro atoms. The Morgan fingerprint density at radius 3 is 2.64 bits per heavy atom. The molecule has 12 heteroatoms. The molecule has 0 N–H and O–H groups in total. The number of piperazine rings is 1. The summed E-state index contributed by atoms with van der Waals surface area (Å²) in [6.45, 7) is 3.60. The molecule has 2 aromatic heterocycles. The van der Waals surface area contributed by atoms with Crippen molar-refractivity contribution in [1.29, 1.82) is 0 Å². The summed E-state index contributed by atoms with van der Waals surface area (Å²) in [5.41, 5.74) is 0.919. The van der Waals surface area contributed by atoms with Crippen molar-refractivity contribution in [3.63, 3.8) is 0 Å². The van der Waals surface area contributed by atoms with E-state index in [-0.39, 0.29) is 5.91 Å². The Hall–Kier alpha value is -3.09. The van der Waals surface area contributed by atoms with Crippen molar-refractivity contribution in [2.45, 2.75) is 6.18 Å². The number of allylic oxidation sites excluding steroid dienone is 3. The molecule has 2 aromatic rings. The Morgan fingerprint density at radius 2 is 1.94 bits per heavy atom. The predicted octanol–water partition coefficient (Wildman–Crippen LogP) is 3.02. The SMILES string of the molecule is O=C(C1=CC2=CC=C[N@@+]2(N2CCN(c3cc(C(F)(F)F)nn3-c3ccccn3)CC2)C1)N1CCSC1. The molecule has 1 amide bonds. The molecule has 0 aliphatic carbocycles. The smallest absolute Gasteiger partial charge is 0.353 e. The first-order valence-electron chi connectivity index (χ1n) is 11.8. The minimum Gasteiger partial charge on any atom is -0.353 e. The highest BCUT2D eigenvalue weighted by atomic mass is 32.2. The molecule has 2 saturated heterocycles. The number of rotatable bonds is 4. The Labute approximate surface area is 210 Å². The van der Waals surface area contributed by atoms with Gasteiger partial charge >= 0.3 is 6.18 Å². The van der Waals surface area contributed by atoms with Crippen molar-refractivity contribution < 1.29 is 22.6 Å². The van der Waals surface area contributed by atoms with Gasteiger partial charge < -0.3 is 9.80 Å². The molecule has 188 valence electrons. The number of hydrogen-bond donors (Lipinski definition) is 0. The quantitative estimate of drug-likeness (QED) is 0.583. The molecule has 2 fully saturated rings. The second-order valence-corrected chi connectivity index (χ2v) is 10.2. The topological polar surface area (TPSA) is 57.5 Å². The third-order valence-electron chi connectivity index (χ3n) is 7.03. The zero-order valence-corrected chi connectivity index (χ0v) is 20.3. The molecule has 0 saturated carbocycles. The fourth-order valence-electron chi connectivity index (χ4n) is 5.22. The van der Waals surface area contributed by atoms with E-state index in [0.29, 0.717) is 49.0 Å². The van der Waals surface area contributed by atoms with Gasteiger partial charge in [0.1, 0.15) is 18.6 Å². The van der Waals surface area contributed by atoms with E-state index in [1.54, 1.807) is 30.0 Å². The fraction of sp³-hybridized carbons (Fsp3) is 0.375. The lowest BCUT2D eigenvalue weighted by Gasteiger charge is -2.44. The average molecular weight is 517 g/mol. The lowest BCUT2D eigenvalue weighted by atomic mass is 10.2. The molecule has 0 radical (unpaired) electrons. The normalized spacial score (nSPS) is 24.3. The van der Waals surface area contributed by atoms with Crippen LogP contribution in [0.3, 0.4) is 0 Å². The highest BCUT2D eigenvalue weighted by Gasteiger charge is 2.48. The standard InChI is InChI=1S/C24H25F3N7OS/c25-24(26,27)20-15-22(33(29-20)21-5-1-2-6-28-21)30-7-9-32(10-8-30)34-12-3-4-19(34)14-18(16-34)23(35)31-11-13-36-17-31/h1-6,12,14-15H,7-11,13,16-17H2/q+1/t34-/m1/s1. The molecule has 4 aliphatic rings. The number of carbonyl (C=O) groups excluding carboxylic acids is 1. The van der Waals surface area contributed by atoms with Gasteiger partial charge in [-0.25, -0.2) is 4.98 Å². The number of quaternary nitrogens is 1. The van der Waals surface area contributed by atoms with Crippen molar-refractivity contribution in [2.24, 2.45) is 0 Å². The van der Waals surface area contributed by atoms with Gasteiger partial charge in [0.15, 0.2) is 17.2 Å². The number of thioether (sulfide) groups is 1. The lowest BCUT2D eigenvalue weighted by Crippen LogP contribution is -2.60. The monoisotopic (exact) mass is 516 g/mol. The van der Waals surface area contributed by atoms with Gasteiger partial charge in [-0.1, -0.05) is 6.07 Å². The molecule has 0 aromatic carbocycles. The molecule has 36 heavy (non-hydrogen) atoms. The minimum atomic E-state index is -4.55. The second kappa shape index (κ2) is 8.79. The highest BCUT2D eigenvalue weighted by Crippen LogP contribution is 2.39. The van der Waals surface area contributed by atoms with Crippen LogP contribution in [0.1, 0.15) is 5.69 Å². The summed E-state index contributed by atoms with van der Waals surface area (Å²) in [5.74, 6) is 2.50. The van der Waals surface area contributed by atoms with Crippen LogP contribution in [0.5, 0.6) is 0 Å². The van der Waals surface area contributed by atoms with E-state index in [4.69, 9.17) is 0 Å². The first-order valence-corrected chi connectivity index (χ1v) is 13.0. The second-order valence-electron chi connectivity index (χ2n) is 9.12. The van der Waals surface area contributed by atoms with Crippen molar-refractivity contribution in [2.75, 3.05) is 55.8 Å². The van der Waals surface area contributed by atoms with Crippen LogP contribution in [0.2, 0.25) is 0 Å². The number of anilines is 1. The molecule has 0 bridgehead atoms. The van der Waals surface area contributed by atoms with Crippen LogP contribution in [0, 0.1) is 0 Å². The number of halogens is 3. The first-order chi connectivity index (χ1) is 17.3. The maximum absolute atomic E-state index is 13.5. The number of aromatic nitrogens is 3. The molecular weight excluding hydrogens is 491 g/mol. The largest absolute Gasteiger partial charge is 0.435 e. The zero-order chi connectivity index (χ0) is 24.9. The fourth-order valence-corrected chi connectivity index (χ4v) is 6.16. The van der Waals surface area contributed by atoms with Gasteiger partial charge in [0, 0.05) is 49.8 Å². The molecule has 8 nitrogen and oxygen atoms in total. The van der Waals surface area contributed by atoms with Gasteiger partial charge in [-0.05, 0) is 18.2 Å². The minimum absolute atomic E-state index is 0.0961. The molecule has 1 atom stereocenters. The first kappa shape index (κ1) is 23.3. The van der Waals surface area contributed by atoms with E-state index in [1.807, 2.05) is 28.0 Å². The molecule has 6 rings (SSSR count). The van der Waals surface area contributed by atoms with Crippen molar-refractivity contribution in [3.8, 4) is 5.82 Å². The Kier molecular flexibility index (Phi) is 5.69. The van der Waals surface area contributed by atoms with Crippen molar-refractivity contribution >= 4 is 23.5 Å². The summed E-state index contributed by atoms with van der Waals surface area (Å²) in [6, 6.07) is 6.18. The zero-order valence-electron chi connectivity index (χ0n) is 19.4.